The van der Waals surface area contributed by atoms with Crippen LogP contribution in [0.1, 0.15) is 59.7 Å². The average Bonchev–Trinajstić information content (AvgIpc) is 3.40. The third-order valence-electron chi connectivity index (χ3n) is 5.92. The number of ketones is 2. The lowest BCUT2D eigenvalue weighted by Crippen LogP contribution is -2.29. The number of aryl methyl sites for hydroxylation is 1. The Bertz CT molecular complexity index is 1430. The van der Waals surface area contributed by atoms with Crippen molar-refractivity contribution in [2.75, 3.05) is 18.1 Å². The van der Waals surface area contributed by atoms with Gasteiger partial charge in [0.25, 0.3) is 5.78 Å². The number of carbonyl (C=O) groups excluding carboxylic acids is 3. The number of hydrogen-bond donors (Lipinski definition) is 1. The fourth-order valence-corrected chi connectivity index (χ4v) is 5.20. The Kier molecular flexibility index (Phi) is 7.91. The van der Waals surface area contributed by atoms with Gasteiger partial charge in [-0.15, -0.1) is 0 Å². The summed E-state index contributed by atoms with van der Waals surface area (Å²) in [5, 5.41) is 11.4. The molecule has 1 amide bonds. The highest BCUT2D eigenvalue weighted by atomic mass is 32.1. The van der Waals surface area contributed by atoms with E-state index >= 15 is 0 Å². The molecule has 10 heteroatoms. The molecule has 1 unspecified atom stereocenters. The molecule has 198 valence electrons. The van der Waals surface area contributed by atoms with Crippen molar-refractivity contribution in [1.29, 1.82) is 0 Å². The van der Waals surface area contributed by atoms with E-state index in [0.717, 1.165) is 29.9 Å². The first-order valence-electron chi connectivity index (χ1n) is 12.1. The quantitative estimate of drug-likeness (QED) is 0.163. The number of amides is 1. The minimum Gasteiger partial charge on any atom is -0.507 e. The molecule has 3 aromatic rings. The average molecular weight is 539 g/mol. The van der Waals surface area contributed by atoms with Crippen LogP contribution in [-0.2, 0) is 9.59 Å². The zero-order valence-corrected chi connectivity index (χ0v) is 22.2. The van der Waals surface area contributed by atoms with Crippen LogP contribution in [0.2, 0.25) is 0 Å². The van der Waals surface area contributed by atoms with Gasteiger partial charge >= 0.3 is 5.91 Å². The predicted octanol–water partition coefficient (Wildman–Crippen LogP) is 5.61. The first-order valence-corrected chi connectivity index (χ1v) is 12.9. The maximum Gasteiger partial charge on any atom is 0.301 e. The minimum absolute atomic E-state index is 0.141. The third kappa shape index (κ3) is 5.04. The fraction of sp³-hybridized carbons (Fsp3) is 0.286. The van der Waals surface area contributed by atoms with E-state index in [1.54, 1.807) is 25.1 Å². The fourth-order valence-electron chi connectivity index (χ4n) is 4.21. The zero-order valence-electron chi connectivity index (χ0n) is 21.4. The number of carbonyl (C=O) groups is 3. The molecule has 1 aliphatic rings. The Balaban J connectivity index is 1.94. The van der Waals surface area contributed by atoms with Gasteiger partial charge in [0.05, 0.1) is 35.4 Å². The summed E-state index contributed by atoms with van der Waals surface area (Å²) in [5.41, 5.74) is 0.859. The number of hydrogen-bond acceptors (Lipinski definition) is 8. The number of rotatable bonds is 9. The highest BCUT2D eigenvalue weighted by Crippen LogP contribution is 2.45. The summed E-state index contributed by atoms with van der Waals surface area (Å²) in [6.45, 7) is 7.65. The lowest BCUT2D eigenvalue weighted by Gasteiger charge is -2.24. The van der Waals surface area contributed by atoms with Crippen molar-refractivity contribution in [3.8, 4) is 11.5 Å². The number of anilines is 1. The molecular formula is C28H27FN2O6S. The molecule has 0 saturated carbocycles. The molecule has 8 nitrogen and oxygen atoms in total. The Morgan fingerprint density at radius 2 is 1.82 bits per heavy atom. The number of halogens is 1. The number of aromatic nitrogens is 1. The van der Waals surface area contributed by atoms with E-state index < -0.39 is 29.3 Å². The number of ether oxygens (including phenoxy) is 2. The van der Waals surface area contributed by atoms with Crippen molar-refractivity contribution in [3.63, 3.8) is 0 Å². The molecule has 4 rings (SSSR count). The molecule has 0 spiro atoms. The molecule has 0 aliphatic carbocycles. The van der Waals surface area contributed by atoms with Gasteiger partial charge in [0, 0.05) is 12.5 Å². The SMILES string of the molecule is CCCOc1ccc(C2C(=C(O)c3ccc(F)cc3)C(=O)C(=O)N2c2nc(C)c(C(C)=O)s2)cc1OCC. The summed E-state index contributed by atoms with van der Waals surface area (Å²) in [7, 11) is 0. The van der Waals surface area contributed by atoms with Crippen LogP contribution in [0.5, 0.6) is 11.5 Å². The van der Waals surface area contributed by atoms with Gasteiger partial charge < -0.3 is 14.6 Å². The van der Waals surface area contributed by atoms with Gasteiger partial charge in [0.15, 0.2) is 22.4 Å². The normalized spacial score (nSPS) is 16.7. The van der Waals surface area contributed by atoms with E-state index in [9.17, 15) is 23.9 Å². The number of thiazole rings is 1. The summed E-state index contributed by atoms with van der Waals surface area (Å²) >= 11 is 0.992. The largest absolute Gasteiger partial charge is 0.507 e. The number of benzene rings is 2. The van der Waals surface area contributed by atoms with Crippen LogP contribution in [0, 0.1) is 12.7 Å². The van der Waals surface area contributed by atoms with Gasteiger partial charge in [0.1, 0.15) is 11.6 Å². The lowest BCUT2D eigenvalue weighted by atomic mass is 9.95. The summed E-state index contributed by atoms with van der Waals surface area (Å²) in [6.07, 6.45) is 0.785. The van der Waals surface area contributed by atoms with Gasteiger partial charge in [-0.25, -0.2) is 9.37 Å². The molecule has 1 atom stereocenters. The molecule has 0 radical (unpaired) electrons. The van der Waals surface area contributed by atoms with E-state index in [2.05, 4.69) is 4.98 Å². The predicted molar refractivity (Wildman–Crippen MR) is 141 cm³/mol. The Morgan fingerprint density at radius 1 is 1.11 bits per heavy atom. The second kappa shape index (κ2) is 11.1. The van der Waals surface area contributed by atoms with E-state index in [4.69, 9.17) is 9.47 Å². The molecule has 1 fully saturated rings. The molecule has 2 heterocycles. The van der Waals surface area contributed by atoms with Gasteiger partial charge in [-0.2, -0.15) is 0 Å². The number of nitrogens with zero attached hydrogens (tertiary/aromatic N) is 2. The number of Topliss-reactive ketones (excluding diaryl/α,β-unsaturated/α-hetero) is 2. The van der Waals surface area contributed by atoms with Crippen LogP contribution < -0.4 is 14.4 Å². The molecule has 2 aromatic carbocycles. The second-order valence-corrected chi connectivity index (χ2v) is 9.61. The Labute approximate surface area is 223 Å². The monoisotopic (exact) mass is 538 g/mol. The van der Waals surface area contributed by atoms with Gasteiger partial charge in [0.2, 0.25) is 0 Å². The van der Waals surface area contributed by atoms with Crippen LogP contribution in [0.15, 0.2) is 48.0 Å². The Morgan fingerprint density at radius 3 is 2.42 bits per heavy atom. The first kappa shape index (κ1) is 27.0. The van der Waals surface area contributed by atoms with Crippen molar-refractivity contribution < 1.29 is 33.4 Å². The van der Waals surface area contributed by atoms with E-state index in [-0.39, 0.29) is 22.1 Å². The van der Waals surface area contributed by atoms with Crippen LogP contribution >= 0.6 is 11.3 Å². The molecule has 0 bridgehead atoms. The summed E-state index contributed by atoms with van der Waals surface area (Å²) in [5.74, 6) is -2.13. The smallest absolute Gasteiger partial charge is 0.301 e. The lowest BCUT2D eigenvalue weighted by molar-refractivity contribution is -0.132. The van der Waals surface area contributed by atoms with Crippen molar-refractivity contribution in [1.82, 2.24) is 4.98 Å². The third-order valence-corrected chi connectivity index (χ3v) is 7.18. The van der Waals surface area contributed by atoms with Crippen LogP contribution in [-0.4, -0.2) is 40.8 Å². The topological polar surface area (TPSA) is 106 Å². The molecule has 1 saturated heterocycles. The summed E-state index contributed by atoms with van der Waals surface area (Å²) in [4.78, 5) is 44.8. The molecule has 1 N–H and O–H groups in total. The van der Waals surface area contributed by atoms with Crippen LogP contribution in [0.3, 0.4) is 0 Å². The summed E-state index contributed by atoms with van der Waals surface area (Å²) in [6, 6.07) is 8.87. The molecule has 38 heavy (non-hydrogen) atoms. The number of aliphatic hydroxyl groups excluding tert-OH is 1. The second-order valence-electron chi connectivity index (χ2n) is 8.63. The van der Waals surface area contributed by atoms with Crippen molar-refractivity contribution in [3.05, 3.63) is 75.6 Å². The molecular weight excluding hydrogens is 511 g/mol. The van der Waals surface area contributed by atoms with Gasteiger partial charge in [-0.3, -0.25) is 19.3 Å². The van der Waals surface area contributed by atoms with Gasteiger partial charge in [-0.05, 0) is 62.2 Å². The maximum atomic E-state index is 13.6. The minimum atomic E-state index is -1.09. The van der Waals surface area contributed by atoms with Crippen molar-refractivity contribution in [2.45, 2.75) is 40.2 Å². The highest BCUT2D eigenvalue weighted by Gasteiger charge is 2.48. The summed E-state index contributed by atoms with van der Waals surface area (Å²) < 4.78 is 25.1. The first-order chi connectivity index (χ1) is 18.2. The molecule has 1 aliphatic heterocycles. The van der Waals surface area contributed by atoms with Gasteiger partial charge in [-0.1, -0.05) is 24.3 Å². The van der Waals surface area contributed by atoms with Crippen LogP contribution in [0.25, 0.3) is 5.76 Å². The molecule has 1 aromatic heterocycles. The van der Waals surface area contributed by atoms with E-state index in [1.807, 2.05) is 13.8 Å². The van der Waals surface area contributed by atoms with Crippen LogP contribution in [0.4, 0.5) is 9.52 Å². The Hall–Kier alpha value is -4.05. The standard InChI is InChI=1S/C28H27FN2O6S/c1-5-13-37-20-12-9-18(14-21(20)36-6-2)23-22(24(33)17-7-10-19(29)11-8-17)25(34)27(35)31(23)28-30-15(3)26(38-28)16(4)32/h7-12,14,23,33H,5-6,13H2,1-4H3. The van der Waals surface area contributed by atoms with Crippen molar-refractivity contribution >= 4 is 39.7 Å². The number of aliphatic hydroxyl groups is 1. The van der Waals surface area contributed by atoms with Crippen molar-refractivity contribution in [2.24, 2.45) is 0 Å². The maximum absolute atomic E-state index is 13.6. The van der Waals surface area contributed by atoms with E-state index in [1.165, 1.54) is 24.0 Å². The zero-order chi connectivity index (χ0) is 27.6. The highest BCUT2D eigenvalue weighted by molar-refractivity contribution is 7.18. The van der Waals surface area contributed by atoms with E-state index in [0.29, 0.717) is 40.8 Å².